The van der Waals surface area contributed by atoms with Crippen LogP contribution in [0, 0.1) is 11.3 Å². The first kappa shape index (κ1) is 9.81. The van der Waals surface area contributed by atoms with Gasteiger partial charge in [-0.3, -0.25) is 4.79 Å². The summed E-state index contributed by atoms with van der Waals surface area (Å²) in [6.07, 6.45) is 2.03. The van der Waals surface area contributed by atoms with Crippen molar-refractivity contribution >= 4 is 5.78 Å². The van der Waals surface area contributed by atoms with E-state index in [-0.39, 0.29) is 17.1 Å². The molecule has 0 aliphatic heterocycles. The molecule has 0 bridgehead atoms. The quantitative estimate of drug-likeness (QED) is 0.318. The number of hydrogen-bond acceptors (Lipinski definition) is 4. The Labute approximate surface area is 80.3 Å². The molecular formula is C10H7NO3. The number of allylic oxidation sites excluding steroid dienone is 2. The van der Waals surface area contributed by atoms with Gasteiger partial charge in [-0.25, -0.2) is 0 Å². The monoisotopic (exact) mass is 189 g/mol. The molecule has 0 unspecified atom stereocenters. The molecule has 0 aliphatic rings. The lowest BCUT2D eigenvalue weighted by Crippen LogP contribution is -1.94. The maximum absolute atomic E-state index is 11.3. The SMILES string of the molecule is N#C/C=C/C(=O)c1cc(O)ccc1O. The number of carbonyl (C=O) groups excluding carboxylic acids is 1. The van der Waals surface area contributed by atoms with Crippen LogP contribution in [-0.4, -0.2) is 16.0 Å². The van der Waals surface area contributed by atoms with E-state index in [0.29, 0.717) is 0 Å². The van der Waals surface area contributed by atoms with E-state index in [4.69, 9.17) is 10.4 Å². The Morgan fingerprint density at radius 1 is 1.43 bits per heavy atom. The van der Waals surface area contributed by atoms with Gasteiger partial charge in [0.1, 0.15) is 11.5 Å². The zero-order valence-electron chi connectivity index (χ0n) is 7.14. The van der Waals surface area contributed by atoms with Gasteiger partial charge in [0.15, 0.2) is 5.78 Å². The maximum Gasteiger partial charge on any atom is 0.190 e. The fourth-order valence-electron chi connectivity index (χ4n) is 0.924. The molecule has 1 aromatic rings. The number of phenolic OH excluding ortho intramolecular Hbond substituents is 2. The average Bonchev–Trinajstić information content (AvgIpc) is 2.18. The second-order valence-corrected chi connectivity index (χ2v) is 2.53. The second-order valence-electron chi connectivity index (χ2n) is 2.53. The van der Waals surface area contributed by atoms with Crippen LogP contribution in [-0.2, 0) is 0 Å². The minimum absolute atomic E-state index is 0.0310. The van der Waals surface area contributed by atoms with Gasteiger partial charge in [0.05, 0.1) is 11.6 Å². The lowest BCUT2D eigenvalue weighted by atomic mass is 10.1. The molecule has 0 atom stereocenters. The molecule has 1 rings (SSSR count). The van der Waals surface area contributed by atoms with Crippen molar-refractivity contribution < 1.29 is 15.0 Å². The lowest BCUT2D eigenvalue weighted by Gasteiger charge is -2.00. The standard InChI is InChI=1S/C10H7NO3/c11-5-1-2-9(13)8-6-7(12)3-4-10(8)14/h1-4,6,12,14H/b2-1+. The molecule has 0 spiro atoms. The number of hydrogen-bond donors (Lipinski definition) is 2. The predicted molar refractivity (Wildman–Crippen MR) is 48.9 cm³/mol. The van der Waals surface area contributed by atoms with Crippen LogP contribution >= 0.6 is 0 Å². The maximum atomic E-state index is 11.3. The number of aromatic hydroxyl groups is 2. The normalized spacial score (nSPS) is 9.93. The number of ketones is 1. The summed E-state index contributed by atoms with van der Waals surface area (Å²) in [7, 11) is 0. The largest absolute Gasteiger partial charge is 0.508 e. The summed E-state index contributed by atoms with van der Waals surface area (Å²) < 4.78 is 0. The van der Waals surface area contributed by atoms with Gasteiger partial charge in [0.2, 0.25) is 0 Å². The van der Waals surface area contributed by atoms with E-state index in [1.807, 2.05) is 0 Å². The van der Waals surface area contributed by atoms with Gasteiger partial charge >= 0.3 is 0 Å². The van der Waals surface area contributed by atoms with Crippen molar-refractivity contribution in [1.82, 2.24) is 0 Å². The molecule has 0 aromatic heterocycles. The van der Waals surface area contributed by atoms with Gasteiger partial charge in [0.25, 0.3) is 0 Å². The van der Waals surface area contributed by atoms with E-state index < -0.39 is 5.78 Å². The van der Waals surface area contributed by atoms with Crippen molar-refractivity contribution in [2.24, 2.45) is 0 Å². The molecule has 4 nitrogen and oxygen atoms in total. The van der Waals surface area contributed by atoms with E-state index in [1.54, 1.807) is 6.07 Å². The first-order valence-electron chi connectivity index (χ1n) is 3.77. The van der Waals surface area contributed by atoms with Crippen LogP contribution < -0.4 is 0 Å². The third-order valence-corrected chi connectivity index (χ3v) is 1.55. The molecule has 0 radical (unpaired) electrons. The number of benzene rings is 1. The van der Waals surface area contributed by atoms with Crippen molar-refractivity contribution in [3.63, 3.8) is 0 Å². The Kier molecular flexibility index (Phi) is 2.87. The number of carbonyl (C=O) groups is 1. The summed E-state index contributed by atoms with van der Waals surface area (Å²) in [5.41, 5.74) is -0.0310. The molecule has 70 valence electrons. The van der Waals surface area contributed by atoms with E-state index in [2.05, 4.69) is 0 Å². The van der Waals surface area contributed by atoms with E-state index >= 15 is 0 Å². The number of phenols is 2. The summed E-state index contributed by atoms with van der Waals surface area (Å²) in [6, 6.07) is 5.27. The minimum atomic E-state index is -0.528. The molecule has 0 saturated heterocycles. The molecule has 2 N–H and O–H groups in total. The Bertz CT molecular complexity index is 429. The van der Waals surface area contributed by atoms with Gasteiger partial charge < -0.3 is 10.2 Å². The number of nitrogens with zero attached hydrogens (tertiary/aromatic N) is 1. The summed E-state index contributed by atoms with van der Waals surface area (Å²) in [5.74, 6) is -0.869. The van der Waals surface area contributed by atoms with Crippen molar-refractivity contribution in [1.29, 1.82) is 5.26 Å². The fraction of sp³-hybridized carbons (Fsp3) is 0. The van der Waals surface area contributed by atoms with Gasteiger partial charge in [-0.1, -0.05) is 0 Å². The van der Waals surface area contributed by atoms with Crippen LogP contribution in [0.4, 0.5) is 0 Å². The van der Waals surface area contributed by atoms with Crippen LogP contribution in [0.25, 0.3) is 0 Å². The van der Waals surface area contributed by atoms with E-state index in [0.717, 1.165) is 18.2 Å². The molecule has 0 heterocycles. The van der Waals surface area contributed by atoms with Crippen molar-refractivity contribution in [2.45, 2.75) is 0 Å². The summed E-state index contributed by atoms with van der Waals surface area (Å²) in [5, 5.41) is 26.5. The highest BCUT2D eigenvalue weighted by molar-refractivity contribution is 6.06. The van der Waals surface area contributed by atoms with Crippen molar-refractivity contribution in [3.05, 3.63) is 35.9 Å². The van der Waals surface area contributed by atoms with E-state index in [1.165, 1.54) is 12.1 Å². The summed E-state index contributed by atoms with van der Waals surface area (Å²) >= 11 is 0. The first-order chi connectivity index (χ1) is 6.65. The van der Waals surface area contributed by atoms with E-state index in [9.17, 15) is 9.90 Å². The molecule has 0 fully saturated rings. The third kappa shape index (κ3) is 2.11. The van der Waals surface area contributed by atoms with Crippen molar-refractivity contribution in [2.75, 3.05) is 0 Å². The fourth-order valence-corrected chi connectivity index (χ4v) is 0.924. The smallest absolute Gasteiger partial charge is 0.190 e. The Morgan fingerprint density at radius 2 is 2.14 bits per heavy atom. The topological polar surface area (TPSA) is 81.3 Å². The molecule has 4 heteroatoms. The molecule has 0 saturated carbocycles. The molecular weight excluding hydrogens is 182 g/mol. The van der Waals surface area contributed by atoms with Crippen LogP contribution in [0.3, 0.4) is 0 Å². The highest BCUT2D eigenvalue weighted by Gasteiger charge is 2.08. The lowest BCUT2D eigenvalue weighted by molar-refractivity contribution is 0.104. The minimum Gasteiger partial charge on any atom is -0.508 e. The molecule has 1 aromatic carbocycles. The zero-order valence-corrected chi connectivity index (χ0v) is 7.14. The van der Waals surface area contributed by atoms with Crippen LogP contribution in [0.1, 0.15) is 10.4 Å². The Balaban J connectivity index is 3.07. The third-order valence-electron chi connectivity index (χ3n) is 1.55. The van der Waals surface area contributed by atoms with Gasteiger partial charge in [0, 0.05) is 6.08 Å². The average molecular weight is 189 g/mol. The van der Waals surface area contributed by atoms with Crippen LogP contribution in [0.15, 0.2) is 30.4 Å². The molecule has 0 amide bonds. The van der Waals surface area contributed by atoms with Gasteiger partial charge in [-0.05, 0) is 24.3 Å². The number of nitriles is 1. The predicted octanol–water partition coefficient (Wildman–Crippen LogP) is 1.36. The van der Waals surface area contributed by atoms with Gasteiger partial charge in [-0.2, -0.15) is 5.26 Å². The highest BCUT2D eigenvalue weighted by atomic mass is 16.3. The summed E-state index contributed by atoms with van der Waals surface area (Å²) in [6.45, 7) is 0. The Hall–Kier alpha value is -2.28. The zero-order chi connectivity index (χ0) is 10.6. The van der Waals surface area contributed by atoms with Gasteiger partial charge in [-0.15, -0.1) is 0 Å². The van der Waals surface area contributed by atoms with Crippen molar-refractivity contribution in [3.8, 4) is 17.6 Å². The molecule has 0 aliphatic carbocycles. The summed E-state index contributed by atoms with van der Waals surface area (Å²) in [4.78, 5) is 11.3. The molecule has 14 heavy (non-hydrogen) atoms. The van der Waals surface area contributed by atoms with Crippen LogP contribution in [0.2, 0.25) is 0 Å². The van der Waals surface area contributed by atoms with Crippen LogP contribution in [0.5, 0.6) is 11.5 Å². The Morgan fingerprint density at radius 3 is 2.79 bits per heavy atom. The second kappa shape index (κ2) is 4.10. The first-order valence-corrected chi connectivity index (χ1v) is 3.77. The highest BCUT2D eigenvalue weighted by Crippen LogP contribution is 2.22. The number of rotatable bonds is 2.